The summed E-state index contributed by atoms with van der Waals surface area (Å²) in [6.45, 7) is -0.333. The van der Waals surface area contributed by atoms with Gasteiger partial charge in [0.05, 0.1) is 0 Å². The molecule has 0 spiro atoms. The third-order valence-electron chi connectivity index (χ3n) is 1.84. The maximum Gasteiger partial charge on any atom is 0.341 e. The molecular weight excluding hydrogens is 228 g/mol. The highest BCUT2D eigenvalue weighted by Crippen LogP contribution is 2.19. The lowest BCUT2D eigenvalue weighted by Crippen LogP contribution is -2.09. The molecule has 0 radical (unpaired) electrons. The van der Waals surface area contributed by atoms with E-state index in [4.69, 9.17) is 21.4 Å². The van der Waals surface area contributed by atoms with Crippen molar-refractivity contribution < 1.29 is 14.6 Å². The summed E-state index contributed by atoms with van der Waals surface area (Å²) in [5.74, 6) is 0.143. The molecule has 1 aromatic rings. The van der Waals surface area contributed by atoms with Crippen LogP contribution in [0.5, 0.6) is 5.75 Å². The van der Waals surface area contributed by atoms with Crippen LogP contribution in [0.2, 0.25) is 0 Å². The van der Waals surface area contributed by atoms with Crippen LogP contribution in [0, 0.1) is 0 Å². The lowest BCUT2D eigenvalue weighted by molar-refractivity contribution is -0.139. The first kappa shape index (κ1) is 12.6. The number of carboxylic acids is 1. The highest BCUT2D eigenvalue weighted by Gasteiger charge is 2.02. The number of carboxylic acid groups (broad SMARTS) is 1. The summed E-state index contributed by atoms with van der Waals surface area (Å²) in [5.41, 5.74) is 0.855. The van der Waals surface area contributed by atoms with Crippen LogP contribution < -0.4 is 4.74 Å². The average molecular weight is 241 g/mol. The molecule has 0 heterocycles. The first-order valence-electron chi connectivity index (χ1n) is 4.90. The maximum atomic E-state index is 10.4. The van der Waals surface area contributed by atoms with Gasteiger partial charge < -0.3 is 9.84 Å². The Kier molecular flexibility index (Phi) is 5.43. The van der Waals surface area contributed by atoms with Gasteiger partial charge >= 0.3 is 5.97 Å². The van der Waals surface area contributed by atoms with Gasteiger partial charge in [0.1, 0.15) is 5.75 Å². The van der Waals surface area contributed by atoms with Crippen molar-refractivity contribution in [3.63, 3.8) is 0 Å². The van der Waals surface area contributed by atoms with Crippen molar-refractivity contribution in [3.8, 4) is 5.75 Å². The highest BCUT2D eigenvalue weighted by molar-refractivity contribution is 6.17. The second-order valence-electron chi connectivity index (χ2n) is 3.10. The van der Waals surface area contributed by atoms with Crippen LogP contribution in [-0.2, 0) is 4.79 Å². The maximum absolute atomic E-state index is 10.4. The molecule has 0 aliphatic carbocycles. The summed E-state index contributed by atoms with van der Waals surface area (Å²) in [5, 5.41) is 8.52. The third-order valence-corrected chi connectivity index (χ3v) is 2.06. The molecule has 3 nitrogen and oxygen atoms in total. The van der Waals surface area contributed by atoms with Gasteiger partial charge in [-0.2, -0.15) is 0 Å². The van der Waals surface area contributed by atoms with E-state index in [1.807, 2.05) is 24.3 Å². The summed E-state index contributed by atoms with van der Waals surface area (Å²) < 4.78 is 5.15. The Balaban J connectivity index is 2.71. The number of halogens is 1. The molecule has 0 saturated heterocycles. The fraction of sp³-hybridized carbons (Fsp3) is 0.250. The van der Waals surface area contributed by atoms with Crippen molar-refractivity contribution in [2.45, 2.75) is 6.42 Å². The molecule has 16 heavy (non-hydrogen) atoms. The zero-order valence-corrected chi connectivity index (χ0v) is 9.48. The molecule has 1 N–H and O–H groups in total. The van der Waals surface area contributed by atoms with E-state index in [1.54, 1.807) is 12.1 Å². The lowest BCUT2D eigenvalue weighted by atomic mass is 10.2. The zero-order chi connectivity index (χ0) is 11.8. The Bertz CT molecular complexity index is 374. The van der Waals surface area contributed by atoms with Crippen LogP contribution in [0.1, 0.15) is 12.0 Å². The van der Waals surface area contributed by atoms with Crippen LogP contribution in [0.25, 0.3) is 6.08 Å². The van der Waals surface area contributed by atoms with Gasteiger partial charge in [0, 0.05) is 11.4 Å². The summed E-state index contributed by atoms with van der Waals surface area (Å²) in [4.78, 5) is 10.4. The van der Waals surface area contributed by atoms with Crippen molar-refractivity contribution in [2.75, 3.05) is 12.5 Å². The number of alkyl halides is 1. The summed E-state index contributed by atoms with van der Waals surface area (Å²) in [6, 6.07) is 7.27. The second kappa shape index (κ2) is 6.90. The van der Waals surface area contributed by atoms with E-state index < -0.39 is 5.97 Å². The number of carbonyl (C=O) groups is 1. The van der Waals surface area contributed by atoms with Gasteiger partial charge in [0.2, 0.25) is 0 Å². The van der Waals surface area contributed by atoms with Gasteiger partial charge in [-0.15, -0.1) is 11.6 Å². The minimum Gasteiger partial charge on any atom is -0.481 e. The second-order valence-corrected chi connectivity index (χ2v) is 3.48. The molecule has 0 aliphatic heterocycles. The molecule has 0 aliphatic rings. The molecule has 0 amide bonds. The molecule has 0 aromatic heterocycles. The van der Waals surface area contributed by atoms with Gasteiger partial charge in [0.25, 0.3) is 0 Å². The molecular formula is C12H13ClO3. The highest BCUT2D eigenvalue weighted by atomic mass is 35.5. The smallest absolute Gasteiger partial charge is 0.341 e. The molecule has 1 aromatic carbocycles. The fourth-order valence-corrected chi connectivity index (χ4v) is 1.29. The monoisotopic (exact) mass is 240 g/mol. The number of rotatable bonds is 6. The van der Waals surface area contributed by atoms with Gasteiger partial charge in [-0.1, -0.05) is 30.4 Å². The largest absolute Gasteiger partial charge is 0.481 e. The number of hydrogen-bond donors (Lipinski definition) is 1. The number of aliphatic carboxylic acids is 1. The van der Waals surface area contributed by atoms with E-state index in [-0.39, 0.29) is 6.61 Å². The van der Waals surface area contributed by atoms with Crippen molar-refractivity contribution in [2.24, 2.45) is 0 Å². The zero-order valence-electron chi connectivity index (χ0n) is 8.73. The van der Waals surface area contributed by atoms with Crippen molar-refractivity contribution in [3.05, 3.63) is 35.9 Å². The normalized spacial score (nSPS) is 10.6. The number of benzene rings is 1. The molecule has 4 heteroatoms. The number of hydrogen-bond acceptors (Lipinski definition) is 2. The van der Waals surface area contributed by atoms with Gasteiger partial charge in [0.15, 0.2) is 6.61 Å². The van der Waals surface area contributed by atoms with Crippen molar-refractivity contribution in [1.82, 2.24) is 0 Å². The number of allylic oxidation sites excluding steroid dienone is 1. The molecule has 0 unspecified atom stereocenters. The third kappa shape index (κ3) is 4.36. The van der Waals surface area contributed by atoms with E-state index >= 15 is 0 Å². The minimum atomic E-state index is -0.987. The Labute approximate surface area is 99.3 Å². The SMILES string of the molecule is O=C(O)COc1ccccc1C=CCCCl. The predicted octanol–water partition coefficient (Wildman–Crippen LogP) is 2.79. The van der Waals surface area contributed by atoms with E-state index in [0.29, 0.717) is 11.6 Å². The first-order valence-corrected chi connectivity index (χ1v) is 5.43. The lowest BCUT2D eigenvalue weighted by Gasteiger charge is -2.06. The minimum absolute atomic E-state index is 0.333. The molecule has 0 bridgehead atoms. The fourth-order valence-electron chi connectivity index (χ4n) is 1.16. The standard InChI is InChI=1S/C12H13ClO3/c13-8-4-3-6-10-5-1-2-7-11(10)16-9-12(14)15/h1-3,5-7H,4,8-9H2,(H,14,15). The molecule has 0 fully saturated rings. The van der Waals surface area contributed by atoms with Crippen LogP contribution in [0.4, 0.5) is 0 Å². The van der Waals surface area contributed by atoms with E-state index in [9.17, 15) is 4.79 Å². The summed E-state index contributed by atoms with van der Waals surface area (Å²) in [6.07, 6.45) is 4.57. The van der Waals surface area contributed by atoms with E-state index in [2.05, 4.69) is 0 Å². The van der Waals surface area contributed by atoms with Crippen molar-refractivity contribution >= 4 is 23.6 Å². The Hall–Kier alpha value is -1.48. The Morgan fingerprint density at radius 1 is 1.44 bits per heavy atom. The molecule has 1 rings (SSSR count). The molecule has 86 valence electrons. The van der Waals surface area contributed by atoms with Crippen LogP contribution in [0.15, 0.2) is 30.3 Å². The van der Waals surface area contributed by atoms with Crippen molar-refractivity contribution in [1.29, 1.82) is 0 Å². The van der Waals surface area contributed by atoms with Crippen LogP contribution in [-0.4, -0.2) is 23.6 Å². The van der Waals surface area contributed by atoms with Crippen LogP contribution >= 0.6 is 11.6 Å². The van der Waals surface area contributed by atoms with E-state index in [1.165, 1.54) is 0 Å². The van der Waals surface area contributed by atoms with E-state index in [0.717, 1.165) is 12.0 Å². The Morgan fingerprint density at radius 3 is 2.88 bits per heavy atom. The average Bonchev–Trinajstić information content (AvgIpc) is 2.28. The van der Waals surface area contributed by atoms with Crippen LogP contribution in [0.3, 0.4) is 0 Å². The quantitative estimate of drug-likeness (QED) is 0.778. The topological polar surface area (TPSA) is 46.5 Å². The van der Waals surface area contributed by atoms with Gasteiger partial charge in [-0.05, 0) is 12.5 Å². The van der Waals surface area contributed by atoms with Gasteiger partial charge in [-0.3, -0.25) is 0 Å². The summed E-state index contributed by atoms with van der Waals surface area (Å²) >= 11 is 5.55. The summed E-state index contributed by atoms with van der Waals surface area (Å²) in [7, 11) is 0. The molecule has 0 saturated carbocycles. The van der Waals surface area contributed by atoms with Gasteiger partial charge in [-0.25, -0.2) is 4.79 Å². The first-order chi connectivity index (χ1) is 7.74. The number of ether oxygens (including phenoxy) is 1. The Morgan fingerprint density at radius 2 is 2.19 bits per heavy atom. The predicted molar refractivity (Wildman–Crippen MR) is 63.9 cm³/mol. The number of para-hydroxylation sites is 1. The molecule has 0 atom stereocenters.